The number of hydrogen-bond acceptors (Lipinski definition) is 2. The van der Waals surface area contributed by atoms with Gasteiger partial charge >= 0.3 is 45.9 Å². The van der Waals surface area contributed by atoms with Gasteiger partial charge in [0.2, 0.25) is 3.57 Å². The highest BCUT2D eigenvalue weighted by molar-refractivity contribution is 7.20. The number of benzene rings is 6. The molecule has 0 bridgehead atoms. The van der Waals surface area contributed by atoms with Gasteiger partial charge in [0.1, 0.15) is 36.0 Å². The fourth-order valence-electron chi connectivity index (χ4n) is 7.79. The first-order chi connectivity index (χ1) is 34.9. The Morgan fingerprint density at radius 3 is 0.921 bits per heavy atom. The molecule has 6 aromatic rings. The van der Waals surface area contributed by atoms with Crippen LogP contribution in [0.3, 0.4) is 0 Å². The Bertz CT molecular complexity index is 2860. The monoisotopic (exact) mass is 1250 g/mol. The van der Waals surface area contributed by atoms with Gasteiger partial charge in [-0.15, -0.1) is 21.9 Å². The number of rotatable bonds is 11. The molecule has 0 saturated carbocycles. The fraction of sp³-hybridized carbons (Fsp3) is 0.182. The number of para-hydroxylation sites is 1. The molecule has 0 spiro atoms. The minimum Gasteiger partial charge on any atom is -0.486 e. The normalized spacial score (nSPS) is 12.5. The lowest BCUT2D eigenvalue weighted by molar-refractivity contribution is -0.598. The number of alkyl halides is 12. The van der Waals surface area contributed by atoms with E-state index in [0.29, 0.717) is 13.2 Å². The maximum atomic E-state index is 16.0. The van der Waals surface area contributed by atoms with E-state index in [1.165, 1.54) is 7.14 Å². The van der Waals surface area contributed by atoms with Crippen molar-refractivity contribution in [1.82, 2.24) is 0 Å². The molecular formula is C44H18BF28IO2. The van der Waals surface area contributed by atoms with Crippen LogP contribution in [0.1, 0.15) is 29.2 Å². The largest absolute Gasteiger partial charge is 0.486 e. The molecule has 0 amide bonds. The van der Waals surface area contributed by atoms with Gasteiger partial charge in [0.05, 0.1) is 28.9 Å². The molecule has 0 radical (unpaired) electrons. The summed E-state index contributed by atoms with van der Waals surface area (Å²) in [5.41, 5.74) is -38.1. The van der Waals surface area contributed by atoms with E-state index in [2.05, 4.69) is 42.5 Å². The van der Waals surface area contributed by atoms with E-state index >= 15 is 35.1 Å². The highest BCUT2D eigenvalue weighted by Crippen LogP contribution is 2.44. The zero-order valence-electron chi connectivity index (χ0n) is 36.2. The molecular weight excluding hydrogens is 1230 g/mol. The van der Waals surface area contributed by atoms with Gasteiger partial charge in [-0.05, 0) is 31.2 Å². The van der Waals surface area contributed by atoms with Crippen LogP contribution in [0.4, 0.5) is 123 Å². The molecule has 0 aliphatic heterocycles. The summed E-state index contributed by atoms with van der Waals surface area (Å²) in [7, 11) is 0. The van der Waals surface area contributed by atoms with Crippen LogP contribution < -0.4 is 47.8 Å². The fourth-order valence-corrected chi connectivity index (χ4v) is 10.2. The summed E-state index contributed by atoms with van der Waals surface area (Å²) >= 11 is -0.185. The molecule has 0 unspecified atom stereocenters. The van der Waals surface area contributed by atoms with Gasteiger partial charge in [0, 0.05) is 6.61 Å². The molecule has 2 nitrogen and oxygen atoms in total. The Morgan fingerprint density at radius 2 is 0.632 bits per heavy atom. The highest BCUT2D eigenvalue weighted by Gasteiger charge is 2.59. The predicted molar refractivity (Wildman–Crippen MR) is 202 cm³/mol. The lowest BCUT2D eigenvalue weighted by Gasteiger charge is -2.49. The maximum Gasteiger partial charge on any atom is 0.416 e. The Balaban J connectivity index is 0.000000468. The van der Waals surface area contributed by atoms with Crippen molar-refractivity contribution < 1.29 is 154 Å². The number of hydrogen-bond donors (Lipinski definition) is 0. The van der Waals surface area contributed by atoms with E-state index in [-0.39, 0.29) is 21.2 Å². The molecule has 0 fully saturated rings. The molecule has 0 heterocycles. The van der Waals surface area contributed by atoms with Crippen LogP contribution in [0, 0.1) is 100 Å². The van der Waals surface area contributed by atoms with Crippen LogP contribution in [0.25, 0.3) is 0 Å². The van der Waals surface area contributed by atoms with Crippen molar-refractivity contribution in [2.45, 2.75) is 31.6 Å². The van der Waals surface area contributed by atoms with Gasteiger partial charge < -0.3 is 9.47 Å². The topological polar surface area (TPSA) is 18.5 Å². The average molecular weight is 1250 g/mol. The lowest BCUT2D eigenvalue weighted by atomic mass is 9.11. The molecule has 412 valence electrons. The number of ether oxygens (including phenoxy) is 2. The second-order valence-corrected chi connectivity index (χ2v) is 17.8. The Morgan fingerprint density at radius 1 is 0.355 bits per heavy atom. The minimum atomic E-state index is -8.89. The molecule has 0 atom stereocenters. The van der Waals surface area contributed by atoms with E-state index in [4.69, 9.17) is 9.47 Å². The molecule has 0 saturated heterocycles. The van der Waals surface area contributed by atoms with Crippen LogP contribution in [-0.2, 0) is 29.4 Å². The van der Waals surface area contributed by atoms with Gasteiger partial charge in [0.25, 0.3) is 0 Å². The second kappa shape index (κ2) is 22.1. The summed E-state index contributed by atoms with van der Waals surface area (Å²) in [6.07, 6.45) is -39.5. The summed E-state index contributed by atoms with van der Waals surface area (Å²) in [6.45, 7) is 3.99. The minimum absolute atomic E-state index is 0.185. The van der Waals surface area contributed by atoms with Gasteiger partial charge in [-0.25, -0.2) is 70.2 Å². The molecule has 6 aromatic carbocycles. The molecule has 0 aliphatic carbocycles. The summed E-state index contributed by atoms with van der Waals surface area (Å²) in [5.74, 6) is -68.8. The zero-order valence-corrected chi connectivity index (χ0v) is 38.3. The first kappa shape index (κ1) is 60.8. The van der Waals surface area contributed by atoms with Gasteiger partial charge in [-0.3, -0.25) is 0 Å². The van der Waals surface area contributed by atoms with Gasteiger partial charge in [-0.2, -0.15) is 52.7 Å². The average Bonchev–Trinajstić information content (AvgIpc) is 3.32. The quantitative estimate of drug-likeness (QED) is 0.0322. The second-order valence-electron chi connectivity index (χ2n) is 14.9. The third-order valence-corrected chi connectivity index (χ3v) is 13.4. The van der Waals surface area contributed by atoms with Crippen molar-refractivity contribution in [3.05, 3.63) is 177 Å². The van der Waals surface area contributed by atoms with Crippen LogP contribution in [0.2, 0.25) is 0 Å². The van der Waals surface area contributed by atoms with E-state index in [0.717, 1.165) is 12.4 Å². The third kappa shape index (κ3) is 10.9. The smallest absolute Gasteiger partial charge is 0.416 e. The Hall–Kier alpha value is -6.09. The van der Waals surface area contributed by atoms with Crippen molar-refractivity contribution in [1.29, 1.82) is 0 Å². The van der Waals surface area contributed by atoms with E-state index in [1.807, 2.05) is 19.1 Å². The van der Waals surface area contributed by atoms with E-state index in [9.17, 15) is 87.8 Å². The first-order valence-electron chi connectivity index (χ1n) is 19.8. The predicted octanol–water partition coefficient (Wildman–Crippen LogP) is 9.60. The van der Waals surface area contributed by atoms with Crippen LogP contribution >= 0.6 is 0 Å². The van der Waals surface area contributed by atoms with Crippen LogP contribution in [0.15, 0.2) is 54.6 Å². The molecule has 0 aromatic heterocycles. The summed E-state index contributed by atoms with van der Waals surface area (Å²) < 4.78 is 431. The summed E-state index contributed by atoms with van der Waals surface area (Å²) in [5, 5.41) is 0. The van der Waals surface area contributed by atoms with Crippen molar-refractivity contribution in [3.63, 3.8) is 0 Å². The van der Waals surface area contributed by atoms with Crippen molar-refractivity contribution in [3.8, 4) is 5.75 Å². The maximum absolute atomic E-state index is 16.0. The van der Waals surface area contributed by atoms with Gasteiger partial charge in [0.15, 0.2) is 79.1 Å². The zero-order chi connectivity index (χ0) is 57.7. The molecule has 0 aliphatic rings. The van der Waals surface area contributed by atoms with Crippen molar-refractivity contribution in [2.24, 2.45) is 0 Å². The first-order valence-corrected chi connectivity index (χ1v) is 22.0. The summed E-state index contributed by atoms with van der Waals surface area (Å²) in [4.78, 5) is 0. The Kier molecular flexibility index (Phi) is 17.7. The Labute approximate surface area is 415 Å². The third-order valence-electron chi connectivity index (χ3n) is 10.5. The number of halogens is 29. The van der Waals surface area contributed by atoms with Crippen molar-refractivity contribution >= 4 is 28.0 Å². The summed E-state index contributed by atoms with van der Waals surface area (Å²) in [6, 6.07) is 18.9. The highest BCUT2D eigenvalue weighted by atomic mass is 127. The molecule has 32 heteroatoms. The molecule has 6 rings (SSSR count). The molecule has 0 N–H and O–H groups in total. The van der Waals surface area contributed by atoms with E-state index < -0.39 is 168 Å². The standard InChI is InChI=1S/C28BF28.C16H18IO2/c30-9-1(25(46,47)48)5(13(34)21(42)17(9)38)29(6-2(26(49,50)51)10(31)18(39)22(43)14(6)35,7-3(27(52,53)54)11(32)19(40)23(44)15(7)36)8-4(28(55,56)57)12(33)20(41)24(45)16(8)37;1-2-18-12-13-19-16-11-7-6-10-15(16)17-14-8-4-3-5-9-14/h;3-11H,2,12-13H2,1H3/q-1;+1. The van der Waals surface area contributed by atoms with E-state index in [1.54, 1.807) is 0 Å². The SMILES string of the molecule is CCOCCOc1ccccc1[I+]c1ccccc1.Fc1c(F)c(F)c(C(F)(F)F)c([B-](c2c(F)c(F)c(F)c(F)c2C(F)(F)F)(c2c(F)c(F)c(F)c(F)c2C(F)(F)F)c2c(F)c(F)c(F)c(F)c2C(F)(F)F)c1F. The van der Waals surface area contributed by atoms with Gasteiger partial charge in [-0.1, -0.05) is 30.3 Å². The van der Waals surface area contributed by atoms with Crippen LogP contribution in [0.5, 0.6) is 5.75 Å². The van der Waals surface area contributed by atoms with Crippen LogP contribution in [-0.4, -0.2) is 26.0 Å². The lowest BCUT2D eigenvalue weighted by Crippen LogP contribution is -3.61. The van der Waals surface area contributed by atoms with Crippen molar-refractivity contribution in [2.75, 3.05) is 19.8 Å². The molecule has 76 heavy (non-hydrogen) atoms.